The van der Waals surface area contributed by atoms with Crippen LogP contribution in [0.2, 0.25) is 0 Å². The monoisotopic (exact) mass is 450 g/mol. The number of anilines is 1. The molecular weight excluding hydrogens is 424 g/mol. The Labute approximate surface area is 191 Å². The Kier molecular flexibility index (Phi) is 7.26. The van der Waals surface area contributed by atoms with Gasteiger partial charge in [0.25, 0.3) is 11.8 Å². The van der Waals surface area contributed by atoms with Gasteiger partial charge in [0.1, 0.15) is 5.75 Å². The third-order valence-corrected chi connectivity index (χ3v) is 5.51. The van der Waals surface area contributed by atoms with E-state index in [2.05, 4.69) is 31.9 Å². The Morgan fingerprint density at radius 2 is 1.97 bits per heavy atom. The van der Waals surface area contributed by atoms with E-state index in [0.717, 1.165) is 49.4 Å². The minimum atomic E-state index is -0.591. The predicted molar refractivity (Wildman–Crippen MR) is 120 cm³/mol. The molecular formula is C23H26N6O4. The maximum absolute atomic E-state index is 11.0. The van der Waals surface area contributed by atoms with Gasteiger partial charge in [-0.2, -0.15) is 4.98 Å². The summed E-state index contributed by atoms with van der Waals surface area (Å²) in [7, 11) is 0. The highest BCUT2D eigenvalue weighted by Gasteiger charge is 2.26. The number of aromatic nitrogens is 4. The van der Waals surface area contributed by atoms with Gasteiger partial charge in [-0.25, -0.2) is 15.4 Å². The summed E-state index contributed by atoms with van der Waals surface area (Å²) >= 11 is 0. The number of ether oxygens (including phenoxy) is 1. The van der Waals surface area contributed by atoms with Gasteiger partial charge in [0.15, 0.2) is 12.4 Å². The molecule has 3 heterocycles. The van der Waals surface area contributed by atoms with Crippen LogP contribution in [0.1, 0.15) is 48.5 Å². The zero-order chi connectivity index (χ0) is 23.0. The molecule has 33 heavy (non-hydrogen) atoms. The van der Waals surface area contributed by atoms with E-state index in [1.54, 1.807) is 35.8 Å². The summed E-state index contributed by atoms with van der Waals surface area (Å²) in [6, 6.07) is 7.14. The zero-order valence-corrected chi connectivity index (χ0v) is 18.3. The lowest BCUT2D eigenvalue weighted by Crippen LogP contribution is -2.34. The Balaban J connectivity index is 1.26. The lowest BCUT2D eigenvalue weighted by molar-refractivity contribution is -0.124. The summed E-state index contributed by atoms with van der Waals surface area (Å²) in [5.74, 6) is 2.18. The number of hydrogen-bond donors (Lipinski definition) is 2. The Hall–Kier alpha value is -3.79. The fraction of sp³-hybridized carbons (Fsp3) is 0.348. The fourth-order valence-electron chi connectivity index (χ4n) is 3.55. The number of piperidine rings is 1. The average Bonchev–Trinajstić information content (AvgIpc) is 3.36. The number of nitrogens with one attached hydrogen (secondary N) is 1. The highest BCUT2D eigenvalue weighted by Crippen LogP contribution is 2.27. The van der Waals surface area contributed by atoms with E-state index in [0.29, 0.717) is 17.5 Å². The zero-order valence-electron chi connectivity index (χ0n) is 18.3. The molecule has 172 valence electrons. The number of hydroxylamine groups is 1. The molecule has 1 amide bonds. The number of rotatable bonds is 8. The first kappa shape index (κ1) is 22.4. The largest absolute Gasteiger partial charge is 0.484 e. The van der Waals surface area contributed by atoms with Crippen LogP contribution in [0.5, 0.6) is 5.75 Å². The molecule has 0 radical (unpaired) electrons. The van der Waals surface area contributed by atoms with Gasteiger partial charge in [0.2, 0.25) is 5.95 Å². The molecule has 0 saturated carbocycles. The molecule has 1 saturated heterocycles. The Morgan fingerprint density at radius 3 is 2.64 bits per heavy atom. The van der Waals surface area contributed by atoms with Gasteiger partial charge < -0.3 is 14.2 Å². The van der Waals surface area contributed by atoms with Crippen molar-refractivity contribution in [3.63, 3.8) is 0 Å². The highest BCUT2D eigenvalue weighted by atomic mass is 16.5. The summed E-state index contributed by atoms with van der Waals surface area (Å²) in [6.45, 7) is 3.95. The molecule has 0 aliphatic carbocycles. The molecule has 1 aliphatic rings. The van der Waals surface area contributed by atoms with E-state index in [1.807, 2.05) is 12.4 Å². The van der Waals surface area contributed by atoms with Gasteiger partial charge in [-0.15, -0.1) is 0 Å². The second-order valence-electron chi connectivity index (χ2n) is 7.72. The van der Waals surface area contributed by atoms with Gasteiger partial charge in [-0.1, -0.05) is 24.2 Å². The molecule has 0 unspecified atom stereocenters. The van der Waals surface area contributed by atoms with Crippen molar-refractivity contribution in [2.24, 2.45) is 0 Å². The van der Waals surface area contributed by atoms with Gasteiger partial charge in [0, 0.05) is 37.5 Å². The lowest BCUT2D eigenvalue weighted by atomic mass is 9.96. The summed E-state index contributed by atoms with van der Waals surface area (Å²) < 4.78 is 11.1. The van der Waals surface area contributed by atoms with Crippen molar-refractivity contribution in [2.75, 3.05) is 18.0 Å². The van der Waals surface area contributed by atoms with Crippen LogP contribution in [-0.2, 0) is 17.8 Å². The van der Waals surface area contributed by atoms with Crippen molar-refractivity contribution in [1.29, 1.82) is 0 Å². The molecule has 1 aliphatic heterocycles. The average molecular weight is 450 g/mol. The van der Waals surface area contributed by atoms with Gasteiger partial charge in [-0.3, -0.25) is 10.0 Å². The molecule has 4 rings (SSSR count). The topological polar surface area (TPSA) is 127 Å². The maximum Gasteiger partial charge on any atom is 0.267 e. The van der Waals surface area contributed by atoms with Crippen LogP contribution in [0, 0.1) is 0 Å². The Bertz CT molecular complexity index is 1070. The number of aryl methyl sites for hydroxylation is 1. The third-order valence-electron chi connectivity index (χ3n) is 5.51. The second kappa shape index (κ2) is 10.7. The van der Waals surface area contributed by atoms with Crippen molar-refractivity contribution in [1.82, 2.24) is 25.6 Å². The number of carbonyl (C=O) groups excluding carboxylic acids is 1. The molecule has 0 atom stereocenters. The summed E-state index contributed by atoms with van der Waals surface area (Å²) in [5, 5.41) is 12.6. The van der Waals surface area contributed by atoms with E-state index >= 15 is 0 Å². The lowest BCUT2D eigenvalue weighted by Gasteiger charge is -2.30. The second-order valence-corrected chi connectivity index (χ2v) is 7.72. The van der Waals surface area contributed by atoms with Crippen molar-refractivity contribution in [3.05, 3.63) is 65.6 Å². The highest BCUT2D eigenvalue weighted by molar-refractivity contribution is 5.90. The molecule has 1 fully saturated rings. The van der Waals surface area contributed by atoms with E-state index in [4.69, 9.17) is 14.5 Å². The molecule has 10 heteroatoms. The third kappa shape index (κ3) is 5.92. The van der Waals surface area contributed by atoms with Crippen LogP contribution in [0.3, 0.4) is 0 Å². The number of amides is 1. The number of benzene rings is 1. The standard InChI is InChI=1S/C23H26N6O4/c1-2-16-13-24-23(25-14-16)29-11-9-18(10-12-29)22-26-21(33-28-22)15-32-19-6-3-17(4-7-19)5-8-20(30)27-31/h3-8,13-14,18,31H,2,9-12,15H2,1H3,(H,27,30)/b8-5+. The molecule has 2 N–H and O–H groups in total. The van der Waals surface area contributed by atoms with Crippen molar-refractivity contribution in [2.45, 2.75) is 38.7 Å². The number of hydrogen-bond acceptors (Lipinski definition) is 9. The van der Waals surface area contributed by atoms with Crippen molar-refractivity contribution >= 4 is 17.9 Å². The molecule has 2 aromatic heterocycles. The molecule has 0 spiro atoms. The molecule has 3 aromatic rings. The normalized spacial score (nSPS) is 14.5. The quantitative estimate of drug-likeness (QED) is 0.302. The van der Waals surface area contributed by atoms with Crippen LogP contribution >= 0.6 is 0 Å². The minimum absolute atomic E-state index is 0.172. The summed E-state index contributed by atoms with van der Waals surface area (Å²) in [5.41, 5.74) is 3.47. The van der Waals surface area contributed by atoms with Crippen LogP contribution in [0.15, 0.2) is 47.3 Å². The van der Waals surface area contributed by atoms with E-state index in [9.17, 15) is 4.79 Å². The number of nitrogens with zero attached hydrogens (tertiary/aromatic N) is 5. The van der Waals surface area contributed by atoms with Gasteiger partial charge in [-0.05, 0) is 48.6 Å². The van der Waals surface area contributed by atoms with Crippen LogP contribution in [-0.4, -0.2) is 44.3 Å². The van der Waals surface area contributed by atoms with Gasteiger partial charge >= 0.3 is 0 Å². The molecule has 10 nitrogen and oxygen atoms in total. The van der Waals surface area contributed by atoms with Crippen LogP contribution in [0.25, 0.3) is 6.08 Å². The van der Waals surface area contributed by atoms with E-state index in [1.165, 1.54) is 6.08 Å². The fourth-order valence-corrected chi connectivity index (χ4v) is 3.55. The Morgan fingerprint density at radius 1 is 1.24 bits per heavy atom. The van der Waals surface area contributed by atoms with E-state index in [-0.39, 0.29) is 12.5 Å². The first-order chi connectivity index (χ1) is 16.1. The van der Waals surface area contributed by atoms with Gasteiger partial charge in [0.05, 0.1) is 0 Å². The van der Waals surface area contributed by atoms with Crippen LogP contribution < -0.4 is 15.1 Å². The molecule has 0 bridgehead atoms. The predicted octanol–water partition coefficient (Wildman–Crippen LogP) is 2.90. The minimum Gasteiger partial charge on any atom is -0.484 e. The molecule has 1 aromatic carbocycles. The first-order valence-corrected chi connectivity index (χ1v) is 10.9. The summed E-state index contributed by atoms with van der Waals surface area (Å²) in [6.07, 6.45) is 9.33. The smallest absolute Gasteiger partial charge is 0.267 e. The van der Waals surface area contributed by atoms with E-state index < -0.39 is 5.91 Å². The maximum atomic E-state index is 11.0. The number of carbonyl (C=O) groups is 1. The van der Waals surface area contributed by atoms with Crippen LogP contribution in [0.4, 0.5) is 5.95 Å². The van der Waals surface area contributed by atoms with Crippen molar-refractivity contribution < 1.29 is 19.3 Å². The van der Waals surface area contributed by atoms with Crippen molar-refractivity contribution in [3.8, 4) is 5.75 Å². The summed E-state index contributed by atoms with van der Waals surface area (Å²) in [4.78, 5) is 26.7. The first-order valence-electron chi connectivity index (χ1n) is 10.9. The SMILES string of the molecule is CCc1cnc(N2CCC(c3noc(COc4ccc(/C=C/C(=O)NO)cc4)n3)CC2)nc1.